The van der Waals surface area contributed by atoms with Gasteiger partial charge in [0.1, 0.15) is 10.6 Å². The number of hydrogen-bond donors (Lipinski definition) is 2. The van der Waals surface area contributed by atoms with E-state index in [2.05, 4.69) is 31.2 Å². The molecule has 2 rings (SSSR count). The van der Waals surface area contributed by atoms with E-state index in [-0.39, 0.29) is 15.3 Å². The first-order valence-corrected chi connectivity index (χ1v) is 7.78. The van der Waals surface area contributed by atoms with E-state index in [4.69, 9.17) is 0 Å². The average molecular weight is 379 g/mol. The second-order valence-electron chi connectivity index (χ2n) is 3.84. The molecule has 0 aliphatic rings. The van der Waals surface area contributed by atoms with Gasteiger partial charge in [-0.3, -0.25) is 4.72 Å². The van der Waals surface area contributed by atoms with Crippen molar-refractivity contribution in [3.8, 4) is 0 Å². The lowest BCUT2D eigenvalue weighted by atomic mass is 10.3. The van der Waals surface area contributed by atoms with Gasteiger partial charge < -0.3 is 5.32 Å². The molecule has 2 aromatic rings. The monoisotopic (exact) mass is 378 g/mol. The second kappa shape index (κ2) is 5.90. The quantitative estimate of drug-likeness (QED) is 0.852. The van der Waals surface area contributed by atoms with Crippen LogP contribution in [0.3, 0.4) is 0 Å². The molecular weight excluding hydrogens is 370 g/mol. The zero-order valence-corrected chi connectivity index (χ0v) is 13.0. The molecule has 112 valence electrons. The van der Waals surface area contributed by atoms with Crippen molar-refractivity contribution >= 4 is 37.6 Å². The first-order chi connectivity index (χ1) is 9.83. The van der Waals surface area contributed by atoms with Crippen LogP contribution < -0.4 is 10.0 Å². The Bertz CT molecular complexity index is 745. The summed E-state index contributed by atoms with van der Waals surface area (Å²) in [6.07, 6.45) is 2.05. The van der Waals surface area contributed by atoms with Gasteiger partial charge in [0.05, 0.1) is 12.4 Å². The van der Waals surface area contributed by atoms with Crippen molar-refractivity contribution in [2.24, 2.45) is 0 Å². The molecule has 0 amide bonds. The van der Waals surface area contributed by atoms with Gasteiger partial charge in [0.2, 0.25) is 5.95 Å². The van der Waals surface area contributed by atoms with E-state index in [9.17, 15) is 17.2 Å². The fourth-order valence-electron chi connectivity index (χ4n) is 1.42. The molecule has 0 spiro atoms. The highest BCUT2D eigenvalue weighted by molar-refractivity contribution is 9.10. The minimum Gasteiger partial charge on any atom is -0.357 e. The summed E-state index contributed by atoms with van der Waals surface area (Å²) in [7, 11) is -2.63. The molecule has 0 unspecified atom stereocenters. The van der Waals surface area contributed by atoms with E-state index in [1.165, 1.54) is 0 Å². The van der Waals surface area contributed by atoms with Gasteiger partial charge in [-0.25, -0.2) is 27.2 Å². The number of hydrogen-bond acceptors (Lipinski definition) is 5. The SMILES string of the molecule is CNc1ncc(S(=O)(=O)Nc2c(F)cc(Br)cc2F)cn1. The molecule has 0 saturated carbocycles. The van der Waals surface area contributed by atoms with Crippen LogP contribution in [0.25, 0.3) is 0 Å². The van der Waals surface area contributed by atoms with Gasteiger partial charge in [-0.2, -0.15) is 0 Å². The highest BCUT2D eigenvalue weighted by atomic mass is 79.9. The third-order valence-electron chi connectivity index (χ3n) is 2.41. The van der Waals surface area contributed by atoms with E-state index < -0.39 is 27.3 Å². The fraction of sp³-hybridized carbons (Fsp3) is 0.0909. The van der Waals surface area contributed by atoms with Crippen LogP contribution in [0.15, 0.2) is 33.9 Å². The summed E-state index contributed by atoms with van der Waals surface area (Å²) in [6, 6.07) is 1.89. The van der Waals surface area contributed by atoms with Crippen LogP contribution in [0, 0.1) is 11.6 Å². The molecule has 0 atom stereocenters. The number of sulfonamides is 1. The Labute approximate surface area is 127 Å². The molecule has 0 fully saturated rings. The molecule has 10 heteroatoms. The lowest BCUT2D eigenvalue weighted by Crippen LogP contribution is -2.16. The van der Waals surface area contributed by atoms with Crippen LogP contribution >= 0.6 is 15.9 Å². The summed E-state index contributed by atoms with van der Waals surface area (Å²) in [6.45, 7) is 0. The Balaban J connectivity index is 2.37. The molecule has 1 aromatic heterocycles. The third kappa shape index (κ3) is 3.45. The zero-order valence-electron chi connectivity index (χ0n) is 10.6. The van der Waals surface area contributed by atoms with Crippen molar-refractivity contribution < 1.29 is 17.2 Å². The van der Waals surface area contributed by atoms with Crippen LogP contribution in [-0.4, -0.2) is 25.4 Å². The van der Waals surface area contributed by atoms with Gasteiger partial charge in [0, 0.05) is 11.5 Å². The standard InChI is InChI=1S/C11H9BrF2N4O2S/c1-15-11-16-4-7(5-17-11)21(19,20)18-10-8(13)2-6(12)3-9(10)14/h2-5,18H,1H3,(H,15,16,17). The molecule has 0 saturated heterocycles. The number of nitrogens with one attached hydrogen (secondary N) is 2. The minimum atomic E-state index is -4.19. The van der Waals surface area contributed by atoms with Gasteiger partial charge >= 0.3 is 0 Å². The molecule has 1 aromatic carbocycles. The Kier molecular flexibility index (Phi) is 4.37. The predicted molar refractivity (Wildman–Crippen MR) is 76.4 cm³/mol. The van der Waals surface area contributed by atoms with Crippen LogP contribution in [0.4, 0.5) is 20.4 Å². The zero-order chi connectivity index (χ0) is 15.6. The maximum Gasteiger partial charge on any atom is 0.265 e. The van der Waals surface area contributed by atoms with Crippen molar-refractivity contribution in [3.63, 3.8) is 0 Å². The largest absolute Gasteiger partial charge is 0.357 e. The molecule has 0 bridgehead atoms. The highest BCUT2D eigenvalue weighted by Gasteiger charge is 2.20. The Morgan fingerprint density at radius 1 is 1.14 bits per heavy atom. The van der Waals surface area contributed by atoms with E-state index in [0.29, 0.717) is 0 Å². The minimum absolute atomic E-state index is 0.155. The van der Waals surface area contributed by atoms with E-state index in [0.717, 1.165) is 24.5 Å². The van der Waals surface area contributed by atoms with Gasteiger partial charge in [-0.15, -0.1) is 0 Å². The Morgan fingerprint density at radius 3 is 2.14 bits per heavy atom. The van der Waals surface area contributed by atoms with Gasteiger partial charge in [-0.1, -0.05) is 15.9 Å². The summed E-state index contributed by atoms with van der Waals surface area (Å²) in [5.74, 6) is -1.87. The summed E-state index contributed by atoms with van der Waals surface area (Å²) >= 11 is 2.90. The van der Waals surface area contributed by atoms with E-state index >= 15 is 0 Å². The average Bonchev–Trinajstić information content (AvgIpc) is 2.43. The fourth-order valence-corrected chi connectivity index (χ4v) is 2.78. The Morgan fingerprint density at radius 2 is 1.67 bits per heavy atom. The van der Waals surface area contributed by atoms with Gasteiger partial charge in [0.15, 0.2) is 11.6 Å². The topological polar surface area (TPSA) is 84.0 Å². The van der Waals surface area contributed by atoms with Crippen molar-refractivity contribution in [1.82, 2.24) is 9.97 Å². The summed E-state index contributed by atoms with van der Waals surface area (Å²) in [5, 5.41) is 2.62. The second-order valence-corrected chi connectivity index (χ2v) is 6.44. The van der Waals surface area contributed by atoms with Crippen LogP contribution in [0.5, 0.6) is 0 Å². The molecule has 21 heavy (non-hydrogen) atoms. The van der Waals surface area contributed by atoms with Crippen molar-refractivity contribution in [2.75, 3.05) is 17.1 Å². The predicted octanol–water partition coefficient (Wildman–Crippen LogP) is 2.36. The van der Waals surface area contributed by atoms with E-state index in [1.54, 1.807) is 7.05 Å². The lowest BCUT2D eigenvalue weighted by Gasteiger charge is -2.10. The highest BCUT2D eigenvalue weighted by Crippen LogP contribution is 2.26. The van der Waals surface area contributed by atoms with Gasteiger partial charge in [-0.05, 0) is 12.1 Å². The number of halogens is 3. The number of benzene rings is 1. The molecule has 1 heterocycles. The normalized spacial score (nSPS) is 11.2. The van der Waals surface area contributed by atoms with Crippen molar-refractivity contribution in [1.29, 1.82) is 0 Å². The number of anilines is 2. The maximum atomic E-state index is 13.6. The van der Waals surface area contributed by atoms with Crippen molar-refractivity contribution in [2.45, 2.75) is 4.90 Å². The van der Waals surface area contributed by atoms with Crippen LogP contribution in [0.1, 0.15) is 0 Å². The molecule has 0 radical (unpaired) electrons. The molecule has 2 N–H and O–H groups in total. The van der Waals surface area contributed by atoms with Crippen molar-refractivity contribution in [3.05, 3.63) is 40.6 Å². The Hall–Kier alpha value is -1.81. The first kappa shape index (κ1) is 15.6. The third-order valence-corrected chi connectivity index (χ3v) is 4.17. The molecule has 0 aliphatic heterocycles. The molecule has 6 nitrogen and oxygen atoms in total. The summed E-state index contributed by atoms with van der Waals surface area (Å²) in [5.41, 5.74) is -0.768. The number of nitrogens with zero attached hydrogens (tertiary/aromatic N) is 2. The smallest absolute Gasteiger partial charge is 0.265 e. The summed E-state index contributed by atoms with van der Waals surface area (Å²) in [4.78, 5) is 7.14. The van der Waals surface area contributed by atoms with Crippen LogP contribution in [0.2, 0.25) is 0 Å². The lowest BCUT2D eigenvalue weighted by molar-refractivity contribution is 0.581. The number of aromatic nitrogens is 2. The molecule has 0 aliphatic carbocycles. The number of rotatable bonds is 4. The summed E-state index contributed by atoms with van der Waals surface area (Å²) < 4.78 is 53.3. The maximum absolute atomic E-state index is 13.6. The first-order valence-electron chi connectivity index (χ1n) is 5.50. The van der Waals surface area contributed by atoms with Crippen LogP contribution in [-0.2, 0) is 10.0 Å². The van der Waals surface area contributed by atoms with Gasteiger partial charge in [0.25, 0.3) is 10.0 Å². The van der Waals surface area contributed by atoms with E-state index in [1.807, 2.05) is 4.72 Å². The molecular formula is C11H9BrF2N4O2S.